The molecule has 0 radical (unpaired) electrons. The Morgan fingerprint density at radius 1 is 1.24 bits per heavy atom. The Hall–Kier alpha value is -1.83. The SMILES string of the molecule is CN(c1cccc(Br)c1)c1ncc(C(F)(F)F)c(OC2CCCC2)n1. The third-order valence-corrected chi connectivity index (χ3v) is 4.62. The standard InChI is InChI=1S/C17H17BrF3N3O/c1-24(12-6-4-5-11(18)9-12)16-22-10-14(17(19,20)21)15(23-16)25-13-7-2-3-8-13/h4-6,9-10,13H,2-3,7-8H2,1H3. The van der Waals surface area contributed by atoms with Gasteiger partial charge in [0.25, 0.3) is 0 Å². The number of alkyl halides is 3. The van der Waals surface area contributed by atoms with Gasteiger partial charge in [-0.25, -0.2) is 4.98 Å². The van der Waals surface area contributed by atoms with Gasteiger partial charge in [-0.2, -0.15) is 18.2 Å². The highest BCUT2D eigenvalue weighted by molar-refractivity contribution is 9.10. The molecule has 1 aliphatic rings. The van der Waals surface area contributed by atoms with Crippen LogP contribution in [0.15, 0.2) is 34.9 Å². The number of anilines is 2. The highest BCUT2D eigenvalue weighted by atomic mass is 79.9. The topological polar surface area (TPSA) is 38.2 Å². The summed E-state index contributed by atoms with van der Waals surface area (Å²) in [4.78, 5) is 9.57. The highest BCUT2D eigenvalue weighted by Crippen LogP contribution is 2.37. The van der Waals surface area contributed by atoms with Crippen LogP contribution in [0.4, 0.5) is 24.8 Å². The fourth-order valence-corrected chi connectivity index (χ4v) is 3.15. The molecule has 1 saturated carbocycles. The summed E-state index contributed by atoms with van der Waals surface area (Å²) in [5.41, 5.74) is -0.188. The molecule has 0 unspecified atom stereocenters. The molecule has 4 nitrogen and oxygen atoms in total. The van der Waals surface area contributed by atoms with Gasteiger partial charge < -0.3 is 9.64 Å². The monoisotopic (exact) mass is 415 g/mol. The van der Waals surface area contributed by atoms with E-state index in [9.17, 15) is 13.2 Å². The quantitative estimate of drug-likeness (QED) is 0.674. The van der Waals surface area contributed by atoms with Crippen LogP contribution in [0.3, 0.4) is 0 Å². The first-order valence-electron chi connectivity index (χ1n) is 7.95. The van der Waals surface area contributed by atoms with Crippen LogP contribution in [0.1, 0.15) is 31.2 Å². The van der Waals surface area contributed by atoms with Gasteiger partial charge in [0.15, 0.2) is 0 Å². The van der Waals surface area contributed by atoms with E-state index in [1.165, 1.54) is 0 Å². The van der Waals surface area contributed by atoms with Crippen molar-refractivity contribution in [1.29, 1.82) is 0 Å². The Morgan fingerprint density at radius 3 is 2.60 bits per heavy atom. The molecule has 25 heavy (non-hydrogen) atoms. The molecule has 0 aliphatic heterocycles. The van der Waals surface area contributed by atoms with Crippen molar-refractivity contribution in [3.63, 3.8) is 0 Å². The lowest BCUT2D eigenvalue weighted by Crippen LogP contribution is -2.20. The molecule has 1 fully saturated rings. The van der Waals surface area contributed by atoms with Crippen molar-refractivity contribution in [2.24, 2.45) is 0 Å². The van der Waals surface area contributed by atoms with Crippen molar-refractivity contribution in [1.82, 2.24) is 9.97 Å². The molecule has 0 saturated heterocycles. The molecule has 1 heterocycles. The number of hydrogen-bond donors (Lipinski definition) is 0. The van der Waals surface area contributed by atoms with Gasteiger partial charge in [0.05, 0.1) is 0 Å². The zero-order valence-corrected chi connectivity index (χ0v) is 15.1. The fourth-order valence-electron chi connectivity index (χ4n) is 2.77. The molecule has 0 N–H and O–H groups in total. The van der Waals surface area contributed by atoms with E-state index >= 15 is 0 Å². The van der Waals surface area contributed by atoms with Crippen molar-refractivity contribution >= 4 is 27.6 Å². The lowest BCUT2D eigenvalue weighted by atomic mass is 10.3. The summed E-state index contributed by atoms with van der Waals surface area (Å²) in [7, 11) is 1.70. The Kier molecular flexibility index (Phi) is 5.17. The molecule has 0 bridgehead atoms. The molecule has 1 aromatic carbocycles. The second kappa shape index (κ2) is 7.19. The lowest BCUT2D eigenvalue weighted by Gasteiger charge is -2.21. The molecule has 1 aliphatic carbocycles. The number of halogens is 4. The Bertz CT molecular complexity index is 748. The highest BCUT2D eigenvalue weighted by Gasteiger charge is 2.37. The van der Waals surface area contributed by atoms with Crippen LogP contribution in [0.25, 0.3) is 0 Å². The first-order valence-corrected chi connectivity index (χ1v) is 8.74. The van der Waals surface area contributed by atoms with E-state index in [-0.39, 0.29) is 12.1 Å². The van der Waals surface area contributed by atoms with Crippen LogP contribution >= 0.6 is 15.9 Å². The molecule has 3 rings (SSSR count). The second-order valence-corrected chi connectivity index (χ2v) is 6.87. The maximum Gasteiger partial charge on any atom is 0.423 e. The maximum absolute atomic E-state index is 13.3. The van der Waals surface area contributed by atoms with Gasteiger partial charge in [-0.1, -0.05) is 22.0 Å². The van der Waals surface area contributed by atoms with Crippen LogP contribution in [-0.4, -0.2) is 23.1 Å². The smallest absolute Gasteiger partial charge is 0.423 e. The minimum Gasteiger partial charge on any atom is -0.474 e. The Morgan fingerprint density at radius 2 is 1.96 bits per heavy atom. The number of aromatic nitrogens is 2. The number of nitrogens with zero attached hydrogens (tertiary/aromatic N) is 3. The summed E-state index contributed by atoms with van der Waals surface area (Å²) in [6, 6.07) is 7.34. The van der Waals surface area contributed by atoms with E-state index in [0.29, 0.717) is 0 Å². The van der Waals surface area contributed by atoms with Crippen molar-refractivity contribution in [3.8, 4) is 5.88 Å². The van der Waals surface area contributed by atoms with Crippen molar-refractivity contribution in [2.75, 3.05) is 11.9 Å². The van der Waals surface area contributed by atoms with Crippen LogP contribution in [0.5, 0.6) is 5.88 Å². The van der Waals surface area contributed by atoms with Gasteiger partial charge in [-0.3, -0.25) is 0 Å². The number of benzene rings is 1. The zero-order valence-electron chi connectivity index (χ0n) is 13.6. The summed E-state index contributed by atoms with van der Waals surface area (Å²) in [5, 5.41) is 0. The average Bonchev–Trinajstić information content (AvgIpc) is 3.06. The van der Waals surface area contributed by atoms with Gasteiger partial charge in [0.1, 0.15) is 11.7 Å². The van der Waals surface area contributed by atoms with E-state index in [2.05, 4.69) is 25.9 Å². The van der Waals surface area contributed by atoms with E-state index in [1.807, 2.05) is 24.3 Å². The summed E-state index contributed by atoms with van der Waals surface area (Å²) in [6.45, 7) is 0. The molecule has 0 atom stereocenters. The zero-order chi connectivity index (χ0) is 18.0. The van der Waals surface area contributed by atoms with Crippen molar-refractivity contribution in [3.05, 3.63) is 40.5 Å². The van der Waals surface area contributed by atoms with Crippen LogP contribution < -0.4 is 9.64 Å². The molecule has 1 aromatic heterocycles. The number of hydrogen-bond acceptors (Lipinski definition) is 4. The predicted molar refractivity (Wildman–Crippen MR) is 92.1 cm³/mol. The van der Waals surface area contributed by atoms with E-state index < -0.39 is 17.6 Å². The van der Waals surface area contributed by atoms with Crippen LogP contribution in [0, 0.1) is 0 Å². The average molecular weight is 416 g/mol. The van der Waals surface area contributed by atoms with Crippen LogP contribution in [-0.2, 0) is 6.18 Å². The van der Waals surface area contributed by atoms with E-state index in [0.717, 1.165) is 42.0 Å². The molecule has 0 amide bonds. The summed E-state index contributed by atoms with van der Waals surface area (Å²) >= 11 is 3.37. The molecular formula is C17H17BrF3N3O. The largest absolute Gasteiger partial charge is 0.474 e. The molecule has 8 heteroatoms. The summed E-state index contributed by atoms with van der Waals surface area (Å²) in [5.74, 6) is -0.245. The van der Waals surface area contributed by atoms with Crippen molar-refractivity contribution in [2.45, 2.75) is 38.0 Å². The molecular weight excluding hydrogens is 399 g/mol. The minimum atomic E-state index is -4.55. The molecule has 0 spiro atoms. The van der Waals surface area contributed by atoms with E-state index in [4.69, 9.17) is 4.74 Å². The minimum absolute atomic E-state index is 0.152. The van der Waals surface area contributed by atoms with E-state index in [1.54, 1.807) is 11.9 Å². The maximum atomic E-state index is 13.3. The predicted octanol–water partition coefficient (Wildman–Crippen LogP) is 5.35. The normalized spacial score (nSPS) is 15.4. The van der Waals surface area contributed by atoms with Gasteiger partial charge >= 0.3 is 6.18 Å². The third-order valence-electron chi connectivity index (χ3n) is 4.12. The first kappa shape index (κ1) is 18.0. The summed E-state index contributed by atoms with van der Waals surface area (Å²) in [6.07, 6.45) is -0.568. The Balaban J connectivity index is 1.94. The number of ether oxygens (including phenoxy) is 1. The number of rotatable bonds is 4. The van der Waals surface area contributed by atoms with Gasteiger partial charge in [-0.15, -0.1) is 0 Å². The van der Waals surface area contributed by atoms with Gasteiger partial charge in [0, 0.05) is 23.4 Å². The third kappa shape index (κ3) is 4.23. The lowest BCUT2D eigenvalue weighted by molar-refractivity contribution is -0.139. The molecule has 134 valence electrons. The van der Waals surface area contributed by atoms with Crippen LogP contribution in [0.2, 0.25) is 0 Å². The second-order valence-electron chi connectivity index (χ2n) is 5.95. The first-order chi connectivity index (χ1) is 11.8. The molecule has 2 aromatic rings. The Labute approximate surface area is 152 Å². The van der Waals surface area contributed by atoms with Gasteiger partial charge in [0.2, 0.25) is 11.8 Å². The summed E-state index contributed by atoms with van der Waals surface area (Å²) < 4.78 is 46.2. The fraction of sp³-hybridized carbons (Fsp3) is 0.412. The van der Waals surface area contributed by atoms with Crippen molar-refractivity contribution < 1.29 is 17.9 Å². The van der Waals surface area contributed by atoms with Gasteiger partial charge in [-0.05, 0) is 43.9 Å².